The summed E-state index contributed by atoms with van der Waals surface area (Å²) in [7, 11) is 1.61. The second kappa shape index (κ2) is 6.36. The molecule has 23 heavy (non-hydrogen) atoms. The van der Waals surface area contributed by atoms with Crippen LogP contribution in [0.5, 0.6) is 11.7 Å². The monoisotopic (exact) mass is 308 g/mol. The Bertz CT molecular complexity index is 818. The van der Waals surface area contributed by atoms with Crippen LogP contribution in [0, 0.1) is 6.92 Å². The quantitative estimate of drug-likeness (QED) is 0.657. The summed E-state index contributed by atoms with van der Waals surface area (Å²) >= 11 is 0. The molecule has 1 N–H and O–H groups in total. The molecule has 116 valence electrons. The van der Waals surface area contributed by atoms with Crippen LogP contribution in [0.15, 0.2) is 69.2 Å². The van der Waals surface area contributed by atoms with Crippen molar-refractivity contribution in [3.8, 4) is 23.0 Å². The zero-order valence-electron chi connectivity index (χ0n) is 12.9. The first-order valence-corrected chi connectivity index (χ1v) is 7.11. The third-order valence-electron chi connectivity index (χ3n) is 3.38. The van der Waals surface area contributed by atoms with E-state index in [1.165, 1.54) is 0 Å². The normalized spacial score (nSPS) is 11.0. The summed E-state index contributed by atoms with van der Waals surface area (Å²) in [5.41, 5.74) is 2.97. The fraction of sp³-hybridized carbons (Fsp3) is 0.111. The number of furan rings is 1. The molecule has 2 aromatic carbocycles. The molecular formula is C18H16N2O3. The van der Waals surface area contributed by atoms with E-state index in [0.717, 1.165) is 16.9 Å². The van der Waals surface area contributed by atoms with E-state index < -0.39 is 0 Å². The number of azo groups is 1. The van der Waals surface area contributed by atoms with Crippen LogP contribution in [0.1, 0.15) is 5.56 Å². The van der Waals surface area contributed by atoms with Crippen molar-refractivity contribution in [2.75, 3.05) is 7.11 Å². The average molecular weight is 308 g/mol. The van der Waals surface area contributed by atoms with E-state index in [2.05, 4.69) is 10.2 Å². The molecule has 0 aliphatic carbocycles. The molecule has 0 saturated heterocycles. The molecule has 0 unspecified atom stereocenters. The van der Waals surface area contributed by atoms with Gasteiger partial charge in [0.25, 0.3) is 0 Å². The number of aryl methyl sites for hydroxylation is 1. The van der Waals surface area contributed by atoms with Crippen LogP contribution >= 0.6 is 0 Å². The summed E-state index contributed by atoms with van der Waals surface area (Å²) in [6, 6.07) is 16.6. The summed E-state index contributed by atoms with van der Waals surface area (Å²) in [6.45, 7) is 2.00. The predicted octanol–water partition coefficient (Wildman–Crippen LogP) is 5.38. The van der Waals surface area contributed by atoms with Gasteiger partial charge in [-0.2, -0.15) is 5.11 Å². The molecule has 0 fully saturated rings. The van der Waals surface area contributed by atoms with E-state index in [4.69, 9.17) is 9.15 Å². The highest BCUT2D eigenvalue weighted by Gasteiger charge is 2.11. The summed E-state index contributed by atoms with van der Waals surface area (Å²) < 4.78 is 10.5. The van der Waals surface area contributed by atoms with Crippen LogP contribution < -0.4 is 4.74 Å². The van der Waals surface area contributed by atoms with Crippen molar-refractivity contribution in [3.63, 3.8) is 0 Å². The van der Waals surface area contributed by atoms with Gasteiger partial charge in [-0.15, -0.1) is 5.11 Å². The predicted molar refractivity (Wildman–Crippen MR) is 87.7 cm³/mol. The molecule has 0 aliphatic rings. The Hall–Kier alpha value is -3.08. The van der Waals surface area contributed by atoms with Gasteiger partial charge in [0, 0.05) is 11.6 Å². The molecule has 0 aliphatic heterocycles. The van der Waals surface area contributed by atoms with Crippen molar-refractivity contribution >= 4 is 11.4 Å². The first kappa shape index (κ1) is 14.8. The van der Waals surface area contributed by atoms with Crippen molar-refractivity contribution in [2.45, 2.75) is 6.92 Å². The number of rotatable bonds is 4. The number of benzene rings is 2. The Morgan fingerprint density at radius 3 is 2.30 bits per heavy atom. The minimum Gasteiger partial charge on any atom is -0.497 e. The lowest BCUT2D eigenvalue weighted by Crippen LogP contribution is -1.81. The minimum absolute atomic E-state index is 0.258. The van der Waals surface area contributed by atoms with E-state index in [1.807, 2.05) is 55.5 Å². The van der Waals surface area contributed by atoms with Crippen molar-refractivity contribution in [2.24, 2.45) is 10.2 Å². The molecule has 0 spiro atoms. The molecule has 0 radical (unpaired) electrons. The van der Waals surface area contributed by atoms with E-state index in [9.17, 15) is 5.11 Å². The van der Waals surface area contributed by atoms with Crippen molar-refractivity contribution < 1.29 is 14.3 Å². The van der Waals surface area contributed by atoms with Crippen LogP contribution in [0.2, 0.25) is 0 Å². The molecule has 0 amide bonds. The highest BCUT2D eigenvalue weighted by Crippen LogP contribution is 2.37. The molecule has 0 bridgehead atoms. The van der Waals surface area contributed by atoms with Crippen LogP contribution in [-0.2, 0) is 0 Å². The maximum absolute atomic E-state index is 9.87. The SMILES string of the molecule is COc1ccc(-c2cc(N=Nc3ccc(C)cc3)c(O)o2)cc1. The Morgan fingerprint density at radius 2 is 1.65 bits per heavy atom. The number of methoxy groups -OCH3 is 1. The fourth-order valence-electron chi connectivity index (χ4n) is 2.06. The number of nitrogens with zero attached hydrogens (tertiary/aromatic N) is 2. The number of ether oxygens (including phenoxy) is 1. The average Bonchev–Trinajstić information content (AvgIpc) is 2.95. The van der Waals surface area contributed by atoms with Crippen molar-refractivity contribution in [3.05, 3.63) is 60.2 Å². The summed E-state index contributed by atoms with van der Waals surface area (Å²) in [5, 5.41) is 18.0. The van der Waals surface area contributed by atoms with Crippen LogP contribution in [-0.4, -0.2) is 12.2 Å². The molecule has 3 aromatic rings. The summed E-state index contributed by atoms with van der Waals surface area (Å²) in [5.74, 6) is 1.01. The van der Waals surface area contributed by atoms with Gasteiger partial charge in [-0.25, -0.2) is 0 Å². The second-order valence-corrected chi connectivity index (χ2v) is 5.07. The smallest absolute Gasteiger partial charge is 0.311 e. The van der Waals surface area contributed by atoms with Gasteiger partial charge in [0.05, 0.1) is 12.8 Å². The first-order chi connectivity index (χ1) is 11.2. The van der Waals surface area contributed by atoms with Gasteiger partial charge in [-0.1, -0.05) is 17.7 Å². The lowest BCUT2D eigenvalue weighted by Gasteiger charge is -1.99. The standard InChI is InChI=1S/C18H16N2O3/c1-12-3-7-14(8-4-12)19-20-16-11-17(23-18(16)21)13-5-9-15(22-2)10-6-13/h3-11,21H,1-2H3. The Balaban J connectivity index is 1.84. The highest BCUT2D eigenvalue weighted by atomic mass is 16.5. The van der Waals surface area contributed by atoms with Crippen LogP contribution in [0.3, 0.4) is 0 Å². The number of aromatic hydroxyl groups is 1. The Morgan fingerprint density at radius 1 is 0.957 bits per heavy atom. The minimum atomic E-state index is -0.258. The lowest BCUT2D eigenvalue weighted by atomic mass is 10.1. The van der Waals surface area contributed by atoms with Gasteiger partial charge in [-0.05, 0) is 43.3 Å². The van der Waals surface area contributed by atoms with E-state index >= 15 is 0 Å². The van der Waals surface area contributed by atoms with Gasteiger partial charge in [-0.3, -0.25) is 0 Å². The van der Waals surface area contributed by atoms with E-state index in [-0.39, 0.29) is 11.6 Å². The maximum Gasteiger partial charge on any atom is 0.311 e. The summed E-state index contributed by atoms with van der Waals surface area (Å²) in [6.07, 6.45) is 0. The molecule has 5 nitrogen and oxygen atoms in total. The maximum atomic E-state index is 9.87. The van der Waals surface area contributed by atoms with Crippen molar-refractivity contribution in [1.29, 1.82) is 0 Å². The molecule has 3 rings (SSSR count). The van der Waals surface area contributed by atoms with Gasteiger partial charge in [0.2, 0.25) is 0 Å². The van der Waals surface area contributed by atoms with Crippen LogP contribution in [0.4, 0.5) is 11.4 Å². The van der Waals surface area contributed by atoms with E-state index in [0.29, 0.717) is 11.4 Å². The molecular weight excluding hydrogens is 292 g/mol. The third-order valence-corrected chi connectivity index (χ3v) is 3.38. The number of hydrogen-bond acceptors (Lipinski definition) is 5. The van der Waals surface area contributed by atoms with Gasteiger partial charge < -0.3 is 14.3 Å². The van der Waals surface area contributed by atoms with Crippen molar-refractivity contribution in [1.82, 2.24) is 0 Å². The zero-order chi connectivity index (χ0) is 16.2. The van der Waals surface area contributed by atoms with Gasteiger partial charge in [0.15, 0.2) is 5.69 Å². The van der Waals surface area contributed by atoms with Crippen LogP contribution in [0.25, 0.3) is 11.3 Å². The molecule has 5 heteroatoms. The Kier molecular flexibility index (Phi) is 4.10. The first-order valence-electron chi connectivity index (χ1n) is 7.11. The van der Waals surface area contributed by atoms with E-state index in [1.54, 1.807) is 13.2 Å². The highest BCUT2D eigenvalue weighted by molar-refractivity contribution is 5.65. The Labute approximate surface area is 133 Å². The van der Waals surface area contributed by atoms with Gasteiger partial charge in [0.1, 0.15) is 11.5 Å². The molecule has 0 atom stereocenters. The molecule has 1 aromatic heterocycles. The molecule has 1 heterocycles. The van der Waals surface area contributed by atoms with Gasteiger partial charge >= 0.3 is 5.95 Å². The summed E-state index contributed by atoms with van der Waals surface area (Å²) in [4.78, 5) is 0. The second-order valence-electron chi connectivity index (χ2n) is 5.07. The fourth-order valence-corrected chi connectivity index (χ4v) is 2.06. The third kappa shape index (κ3) is 3.40. The topological polar surface area (TPSA) is 67.3 Å². The number of hydrogen-bond donors (Lipinski definition) is 1. The largest absolute Gasteiger partial charge is 0.497 e. The zero-order valence-corrected chi connectivity index (χ0v) is 12.9. The molecule has 0 saturated carbocycles. The lowest BCUT2D eigenvalue weighted by molar-refractivity contribution is 0.339.